The Morgan fingerprint density at radius 1 is 1.00 bits per heavy atom. The molecule has 2 saturated carbocycles. The average molecular weight is 365 g/mol. The van der Waals surface area contributed by atoms with Gasteiger partial charge in [-0.25, -0.2) is 4.79 Å². The monoisotopic (exact) mass is 364 g/mol. The summed E-state index contributed by atoms with van der Waals surface area (Å²) in [6.45, 7) is 2.38. The van der Waals surface area contributed by atoms with Gasteiger partial charge in [0, 0.05) is 6.54 Å². The van der Waals surface area contributed by atoms with Crippen LogP contribution in [0.15, 0.2) is 0 Å². The second kappa shape index (κ2) is 8.28. The van der Waals surface area contributed by atoms with E-state index in [0.717, 1.165) is 32.1 Å². The molecular weight excluding hydrogens is 328 g/mol. The van der Waals surface area contributed by atoms with Crippen LogP contribution in [-0.4, -0.2) is 42.0 Å². The van der Waals surface area contributed by atoms with E-state index in [1.54, 1.807) is 6.92 Å². The maximum Gasteiger partial charge on any atom is 0.332 e. The maximum atomic E-state index is 13.4. The molecule has 1 aliphatic heterocycles. The van der Waals surface area contributed by atoms with Crippen LogP contribution in [0.4, 0.5) is 0 Å². The van der Waals surface area contributed by atoms with Gasteiger partial charge in [-0.2, -0.15) is 0 Å². The number of nitrogens with two attached hydrogens (primary N) is 1. The first-order valence-electron chi connectivity index (χ1n) is 10.7. The van der Waals surface area contributed by atoms with Gasteiger partial charge in [-0.05, 0) is 43.9 Å². The maximum absolute atomic E-state index is 13.4. The largest absolute Gasteiger partial charge is 0.467 e. The topological polar surface area (TPSA) is 72.6 Å². The van der Waals surface area contributed by atoms with E-state index < -0.39 is 11.6 Å². The molecule has 1 unspecified atom stereocenters. The third kappa shape index (κ3) is 3.28. The molecule has 5 nitrogen and oxygen atoms in total. The normalized spacial score (nSPS) is 32.4. The van der Waals surface area contributed by atoms with Gasteiger partial charge in [0.05, 0.1) is 13.2 Å². The lowest BCUT2D eigenvalue weighted by molar-refractivity contribution is -0.170. The summed E-state index contributed by atoms with van der Waals surface area (Å²) in [6, 6.07) is -0.576. The van der Waals surface area contributed by atoms with Gasteiger partial charge in [0.2, 0.25) is 5.91 Å². The molecule has 3 rings (SSSR count). The first kappa shape index (κ1) is 19.7. The van der Waals surface area contributed by atoms with Crippen LogP contribution in [-0.2, 0) is 14.3 Å². The lowest BCUT2D eigenvalue weighted by Crippen LogP contribution is -2.65. The number of carbonyl (C=O) groups is 2. The highest BCUT2D eigenvalue weighted by molar-refractivity contribution is 5.91. The summed E-state index contributed by atoms with van der Waals surface area (Å²) < 4.78 is 5.40. The van der Waals surface area contributed by atoms with Crippen LogP contribution in [0.25, 0.3) is 0 Å². The van der Waals surface area contributed by atoms with E-state index in [1.807, 2.05) is 4.90 Å². The second-order valence-electron chi connectivity index (χ2n) is 8.72. The van der Waals surface area contributed by atoms with Crippen LogP contribution in [0.2, 0.25) is 0 Å². The summed E-state index contributed by atoms with van der Waals surface area (Å²) in [5, 5.41) is 0. The Morgan fingerprint density at radius 2 is 1.58 bits per heavy atom. The van der Waals surface area contributed by atoms with Crippen molar-refractivity contribution in [2.24, 2.45) is 23.5 Å². The van der Waals surface area contributed by atoms with Crippen molar-refractivity contribution < 1.29 is 14.3 Å². The summed E-state index contributed by atoms with van der Waals surface area (Å²) >= 11 is 0. The standard InChI is InChI=1S/C21H36N2O3/c1-15(22)19(24)23-14-13-18(16-9-5-3-6-10-16)21(23,20(25)26-2)17-11-7-4-8-12-17/h15-18H,3-14,22H2,1-2H3/t15-,18?,21-/m0/s1. The minimum Gasteiger partial charge on any atom is -0.467 e. The molecule has 2 aliphatic carbocycles. The number of amides is 1. The minimum atomic E-state index is -0.790. The van der Waals surface area contributed by atoms with Crippen LogP contribution >= 0.6 is 0 Å². The number of rotatable bonds is 4. The molecular formula is C21H36N2O3. The van der Waals surface area contributed by atoms with Crippen molar-refractivity contribution >= 4 is 11.9 Å². The third-order valence-corrected chi connectivity index (χ3v) is 7.29. The van der Waals surface area contributed by atoms with Crippen molar-refractivity contribution in [3.8, 4) is 0 Å². The molecule has 0 bridgehead atoms. The number of carbonyl (C=O) groups excluding carboxylic acids is 2. The number of esters is 1. The molecule has 3 atom stereocenters. The van der Waals surface area contributed by atoms with Gasteiger partial charge in [-0.1, -0.05) is 51.4 Å². The predicted molar refractivity (Wildman–Crippen MR) is 101 cm³/mol. The fraction of sp³-hybridized carbons (Fsp3) is 0.905. The zero-order valence-corrected chi connectivity index (χ0v) is 16.5. The number of ether oxygens (including phenoxy) is 1. The summed E-state index contributed by atoms with van der Waals surface area (Å²) in [7, 11) is 1.48. The van der Waals surface area contributed by atoms with Crippen LogP contribution in [0.5, 0.6) is 0 Å². The Bertz CT molecular complexity index is 509. The summed E-state index contributed by atoms with van der Waals surface area (Å²) in [6.07, 6.45) is 12.6. The first-order valence-corrected chi connectivity index (χ1v) is 10.7. The molecule has 5 heteroatoms. The van der Waals surface area contributed by atoms with E-state index >= 15 is 0 Å². The highest BCUT2D eigenvalue weighted by Gasteiger charge is 2.62. The molecule has 1 heterocycles. The summed E-state index contributed by atoms with van der Waals surface area (Å²) in [5.74, 6) is 0.684. The van der Waals surface area contributed by atoms with Gasteiger partial charge in [0.15, 0.2) is 0 Å². The van der Waals surface area contributed by atoms with E-state index in [4.69, 9.17) is 10.5 Å². The van der Waals surface area contributed by atoms with Gasteiger partial charge in [-0.15, -0.1) is 0 Å². The summed E-state index contributed by atoms with van der Waals surface area (Å²) in [5.41, 5.74) is 5.20. The minimum absolute atomic E-state index is 0.0840. The van der Waals surface area contributed by atoms with Gasteiger partial charge < -0.3 is 15.4 Å². The molecule has 3 aliphatic rings. The molecule has 0 spiro atoms. The number of hydrogen-bond donors (Lipinski definition) is 1. The molecule has 26 heavy (non-hydrogen) atoms. The molecule has 2 N–H and O–H groups in total. The zero-order valence-electron chi connectivity index (χ0n) is 16.5. The van der Waals surface area contributed by atoms with Gasteiger partial charge >= 0.3 is 5.97 Å². The smallest absolute Gasteiger partial charge is 0.332 e. The lowest BCUT2D eigenvalue weighted by Gasteiger charge is -2.49. The van der Waals surface area contributed by atoms with E-state index in [1.165, 1.54) is 45.6 Å². The molecule has 0 aromatic carbocycles. The average Bonchev–Trinajstić information content (AvgIpc) is 3.09. The van der Waals surface area contributed by atoms with Crippen molar-refractivity contribution in [2.45, 2.75) is 89.1 Å². The Morgan fingerprint density at radius 3 is 2.12 bits per heavy atom. The number of nitrogens with zero attached hydrogens (tertiary/aromatic N) is 1. The van der Waals surface area contributed by atoms with Crippen LogP contribution in [0.3, 0.4) is 0 Å². The van der Waals surface area contributed by atoms with Crippen LogP contribution in [0.1, 0.15) is 77.6 Å². The number of likely N-dealkylation sites (tertiary alicyclic amines) is 1. The Kier molecular flexibility index (Phi) is 6.26. The number of hydrogen-bond acceptors (Lipinski definition) is 4. The third-order valence-electron chi connectivity index (χ3n) is 7.29. The zero-order chi connectivity index (χ0) is 18.7. The van der Waals surface area contributed by atoms with Gasteiger partial charge in [0.25, 0.3) is 0 Å². The van der Waals surface area contributed by atoms with Gasteiger partial charge in [-0.3, -0.25) is 4.79 Å². The van der Waals surface area contributed by atoms with Gasteiger partial charge in [0.1, 0.15) is 5.54 Å². The number of methoxy groups -OCH3 is 1. The van der Waals surface area contributed by atoms with E-state index in [2.05, 4.69) is 0 Å². The van der Waals surface area contributed by atoms with Crippen molar-refractivity contribution in [3.63, 3.8) is 0 Å². The predicted octanol–water partition coefficient (Wildman–Crippen LogP) is 3.25. The molecule has 1 saturated heterocycles. The molecule has 0 radical (unpaired) electrons. The highest BCUT2D eigenvalue weighted by atomic mass is 16.5. The van der Waals surface area contributed by atoms with E-state index in [9.17, 15) is 9.59 Å². The summed E-state index contributed by atoms with van der Waals surface area (Å²) in [4.78, 5) is 28.3. The van der Waals surface area contributed by atoms with Crippen LogP contribution in [0, 0.1) is 17.8 Å². The fourth-order valence-electron chi connectivity index (χ4n) is 6.20. The SMILES string of the molecule is COC(=O)[C@]1(C2CCCCC2)C(C2CCCCC2)CCN1C(=O)[C@H](C)N. The molecule has 0 aromatic rings. The van der Waals surface area contributed by atoms with Crippen molar-refractivity contribution in [3.05, 3.63) is 0 Å². The van der Waals surface area contributed by atoms with Crippen molar-refractivity contribution in [1.82, 2.24) is 4.90 Å². The molecule has 3 fully saturated rings. The molecule has 1 amide bonds. The van der Waals surface area contributed by atoms with Crippen molar-refractivity contribution in [2.75, 3.05) is 13.7 Å². The molecule has 0 aromatic heterocycles. The lowest BCUT2D eigenvalue weighted by atomic mass is 9.62. The Labute approximate surface area is 158 Å². The van der Waals surface area contributed by atoms with Crippen LogP contribution < -0.4 is 5.73 Å². The second-order valence-corrected chi connectivity index (χ2v) is 8.72. The van der Waals surface area contributed by atoms with E-state index in [-0.39, 0.29) is 23.7 Å². The van der Waals surface area contributed by atoms with Crippen molar-refractivity contribution in [1.29, 1.82) is 0 Å². The Hall–Kier alpha value is -1.10. The fourth-order valence-corrected chi connectivity index (χ4v) is 6.20. The Balaban J connectivity index is 2.04. The van der Waals surface area contributed by atoms with E-state index in [0.29, 0.717) is 12.5 Å². The highest BCUT2D eigenvalue weighted by Crippen LogP contribution is 2.52. The molecule has 148 valence electrons. The first-order chi connectivity index (χ1) is 12.5. The quantitative estimate of drug-likeness (QED) is 0.777.